The first-order valence-corrected chi connectivity index (χ1v) is 9.61. The van der Waals surface area contributed by atoms with Gasteiger partial charge in [-0.1, -0.05) is 24.3 Å². The van der Waals surface area contributed by atoms with Crippen LogP contribution in [-0.4, -0.2) is 38.8 Å². The Morgan fingerprint density at radius 2 is 1.89 bits per heavy atom. The van der Waals surface area contributed by atoms with E-state index in [-0.39, 0.29) is 5.91 Å². The highest BCUT2D eigenvalue weighted by atomic mass is 16.2. The lowest BCUT2D eigenvalue weighted by atomic mass is 9.91. The van der Waals surface area contributed by atoms with Crippen molar-refractivity contribution in [3.63, 3.8) is 0 Å². The standard InChI is InChI=1S/C22H24N4O/c1-16-24-14-20(15-25-16)22(27)26-11-4-5-17(9-12-26)13-19-7-2-6-18-8-3-10-23-21(18)19/h2-3,6-8,10,14-15,17H,4-5,9,11-13H2,1H3/t17-/m1/s1. The van der Waals surface area contributed by atoms with Gasteiger partial charge in [-0.25, -0.2) is 9.97 Å². The minimum Gasteiger partial charge on any atom is -0.339 e. The average Bonchev–Trinajstić information content (AvgIpc) is 2.94. The largest absolute Gasteiger partial charge is 0.339 e. The van der Waals surface area contributed by atoms with Crippen LogP contribution in [-0.2, 0) is 6.42 Å². The van der Waals surface area contributed by atoms with Crippen LogP contribution in [0.3, 0.4) is 0 Å². The Morgan fingerprint density at radius 3 is 2.74 bits per heavy atom. The first kappa shape index (κ1) is 17.6. The molecule has 5 nitrogen and oxygen atoms in total. The number of likely N-dealkylation sites (tertiary alicyclic amines) is 1. The van der Waals surface area contributed by atoms with Crippen molar-refractivity contribution < 1.29 is 4.79 Å². The second kappa shape index (κ2) is 7.82. The normalized spacial score (nSPS) is 17.7. The zero-order valence-corrected chi connectivity index (χ0v) is 15.6. The number of nitrogens with zero attached hydrogens (tertiary/aromatic N) is 4. The lowest BCUT2D eigenvalue weighted by molar-refractivity contribution is 0.0759. The van der Waals surface area contributed by atoms with Crippen molar-refractivity contribution in [2.45, 2.75) is 32.6 Å². The second-order valence-electron chi connectivity index (χ2n) is 7.30. The fourth-order valence-electron chi connectivity index (χ4n) is 3.90. The fraction of sp³-hybridized carbons (Fsp3) is 0.364. The fourth-order valence-corrected chi connectivity index (χ4v) is 3.90. The molecule has 0 N–H and O–H groups in total. The van der Waals surface area contributed by atoms with Crippen molar-refractivity contribution >= 4 is 16.8 Å². The lowest BCUT2D eigenvalue weighted by Gasteiger charge is -2.20. The van der Waals surface area contributed by atoms with E-state index >= 15 is 0 Å². The van der Waals surface area contributed by atoms with Crippen molar-refractivity contribution in [2.75, 3.05) is 13.1 Å². The lowest BCUT2D eigenvalue weighted by Crippen LogP contribution is -2.32. The molecule has 27 heavy (non-hydrogen) atoms. The van der Waals surface area contributed by atoms with Gasteiger partial charge >= 0.3 is 0 Å². The molecule has 1 atom stereocenters. The second-order valence-corrected chi connectivity index (χ2v) is 7.30. The van der Waals surface area contributed by atoms with E-state index < -0.39 is 0 Å². The molecule has 3 heterocycles. The van der Waals surface area contributed by atoms with Crippen molar-refractivity contribution in [2.24, 2.45) is 5.92 Å². The summed E-state index contributed by atoms with van der Waals surface area (Å²) in [7, 11) is 0. The van der Waals surface area contributed by atoms with Crippen LogP contribution < -0.4 is 0 Å². The van der Waals surface area contributed by atoms with Crippen LogP contribution in [0.15, 0.2) is 48.9 Å². The highest BCUT2D eigenvalue weighted by Gasteiger charge is 2.22. The van der Waals surface area contributed by atoms with Gasteiger partial charge in [-0.15, -0.1) is 0 Å². The highest BCUT2D eigenvalue weighted by Crippen LogP contribution is 2.26. The molecule has 0 unspecified atom stereocenters. The Balaban J connectivity index is 1.44. The van der Waals surface area contributed by atoms with Gasteiger partial charge in [-0.05, 0) is 50.2 Å². The summed E-state index contributed by atoms with van der Waals surface area (Å²) >= 11 is 0. The topological polar surface area (TPSA) is 59.0 Å². The number of amides is 1. The van der Waals surface area contributed by atoms with E-state index in [1.807, 2.05) is 24.1 Å². The zero-order chi connectivity index (χ0) is 18.6. The molecule has 0 aliphatic carbocycles. The van der Waals surface area contributed by atoms with Gasteiger partial charge in [0.15, 0.2) is 0 Å². The number of hydrogen-bond donors (Lipinski definition) is 0. The molecule has 0 bridgehead atoms. The Bertz CT molecular complexity index is 933. The predicted octanol–water partition coefficient (Wildman–Crippen LogP) is 3.82. The van der Waals surface area contributed by atoms with E-state index in [1.165, 1.54) is 10.9 Å². The molecule has 1 fully saturated rings. The van der Waals surface area contributed by atoms with Gasteiger partial charge in [0.2, 0.25) is 0 Å². The SMILES string of the molecule is Cc1ncc(C(=O)N2CCC[C@@H](Cc3cccc4cccnc34)CC2)cn1. The predicted molar refractivity (Wildman–Crippen MR) is 105 cm³/mol. The maximum absolute atomic E-state index is 12.7. The first-order chi connectivity index (χ1) is 13.2. The number of hydrogen-bond acceptors (Lipinski definition) is 4. The molecular formula is C22H24N4O. The molecule has 1 aliphatic rings. The summed E-state index contributed by atoms with van der Waals surface area (Å²) in [5.74, 6) is 1.30. The minimum absolute atomic E-state index is 0.0440. The number of benzene rings is 1. The Hall–Kier alpha value is -2.82. The summed E-state index contributed by atoms with van der Waals surface area (Å²) in [6, 6.07) is 10.5. The minimum atomic E-state index is 0.0440. The van der Waals surface area contributed by atoms with Gasteiger partial charge in [0.1, 0.15) is 5.82 Å². The van der Waals surface area contributed by atoms with E-state index in [2.05, 4.69) is 39.2 Å². The van der Waals surface area contributed by atoms with Crippen LogP contribution in [0, 0.1) is 12.8 Å². The molecular weight excluding hydrogens is 336 g/mol. The van der Waals surface area contributed by atoms with E-state index in [0.717, 1.165) is 44.3 Å². The maximum atomic E-state index is 12.7. The third-order valence-corrected chi connectivity index (χ3v) is 5.39. The quantitative estimate of drug-likeness (QED) is 0.712. The molecule has 0 spiro atoms. The smallest absolute Gasteiger partial charge is 0.256 e. The van der Waals surface area contributed by atoms with Crippen LogP contribution in [0.25, 0.3) is 10.9 Å². The van der Waals surface area contributed by atoms with E-state index in [9.17, 15) is 4.79 Å². The van der Waals surface area contributed by atoms with Crippen molar-refractivity contribution in [3.05, 3.63) is 65.9 Å². The summed E-state index contributed by atoms with van der Waals surface area (Å²) < 4.78 is 0. The van der Waals surface area contributed by atoms with Gasteiger partial charge in [-0.2, -0.15) is 0 Å². The van der Waals surface area contributed by atoms with Gasteiger partial charge in [0.05, 0.1) is 11.1 Å². The maximum Gasteiger partial charge on any atom is 0.256 e. The van der Waals surface area contributed by atoms with Crippen molar-refractivity contribution in [3.8, 4) is 0 Å². The number of aromatic nitrogens is 3. The third kappa shape index (κ3) is 3.97. The van der Waals surface area contributed by atoms with Gasteiger partial charge < -0.3 is 4.90 Å². The number of para-hydroxylation sites is 1. The summed E-state index contributed by atoms with van der Waals surface area (Å²) in [5.41, 5.74) is 3.00. The summed E-state index contributed by atoms with van der Waals surface area (Å²) in [6.45, 7) is 3.42. The number of fused-ring (bicyclic) bond motifs is 1. The van der Waals surface area contributed by atoms with Crippen molar-refractivity contribution in [1.29, 1.82) is 0 Å². The molecule has 0 saturated carbocycles. The average molecular weight is 360 g/mol. The van der Waals surface area contributed by atoms with E-state index in [1.54, 1.807) is 12.4 Å². The first-order valence-electron chi connectivity index (χ1n) is 9.61. The Kier molecular flexibility index (Phi) is 5.10. The number of carbonyl (C=O) groups excluding carboxylic acids is 1. The monoisotopic (exact) mass is 360 g/mol. The van der Waals surface area contributed by atoms with Gasteiger partial charge in [-0.3, -0.25) is 9.78 Å². The molecule has 138 valence electrons. The summed E-state index contributed by atoms with van der Waals surface area (Å²) in [5, 5.41) is 1.19. The highest BCUT2D eigenvalue weighted by molar-refractivity contribution is 5.93. The van der Waals surface area contributed by atoms with Gasteiger partial charge in [0.25, 0.3) is 5.91 Å². The molecule has 1 aliphatic heterocycles. The summed E-state index contributed by atoms with van der Waals surface area (Å²) in [4.78, 5) is 27.6. The molecule has 1 amide bonds. The third-order valence-electron chi connectivity index (χ3n) is 5.39. The molecule has 5 heteroatoms. The van der Waals surface area contributed by atoms with Crippen LogP contribution >= 0.6 is 0 Å². The van der Waals surface area contributed by atoms with Gasteiger partial charge in [0, 0.05) is 37.1 Å². The summed E-state index contributed by atoms with van der Waals surface area (Å²) in [6.07, 6.45) is 9.33. The number of aryl methyl sites for hydroxylation is 1. The van der Waals surface area contributed by atoms with E-state index in [0.29, 0.717) is 17.3 Å². The van der Waals surface area contributed by atoms with E-state index in [4.69, 9.17) is 0 Å². The Morgan fingerprint density at radius 1 is 1.07 bits per heavy atom. The molecule has 2 aromatic heterocycles. The van der Waals surface area contributed by atoms with Crippen LogP contribution in [0.5, 0.6) is 0 Å². The number of carbonyl (C=O) groups is 1. The molecule has 1 saturated heterocycles. The zero-order valence-electron chi connectivity index (χ0n) is 15.6. The van der Waals surface area contributed by atoms with Crippen LogP contribution in [0.2, 0.25) is 0 Å². The molecule has 3 aromatic rings. The molecule has 4 rings (SSSR count). The number of pyridine rings is 1. The molecule has 1 aromatic carbocycles. The van der Waals surface area contributed by atoms with Crippen molar-refractivity contribution in [1.82, 2.24) is 19.9 Å². The molecule has 0 radical (unpaired) electrons. The Labute approximate surface area is 159 Å². The van der Waals surface area contributed by atoms with Crippen LogP contribution in [0.1, 0.15) is 41.0 Å². The number of rotatable bonds is 3. The van der Waals surface area contributed by atoms with Crippen LogP contribution in [0.4, 0.5) is 0 Å².